The Bertz CT molecular complexity index is 1180. The van der Waals surface area contributed by atoms with Gasteiger partial charge in [-0.1, -0.05) is 78.9 Å². The molecule has 0 bridgehead atoms. The number of hydrogen-bond donors (Lipinski definition) is 1. The SMILES string of the molecule is O=C1NC(c2ccccc2)(c2ccccc2)C(=O)N1Cc1coc(-c2ccccc2)n1. The quantitative estimate of drug-likeness (QED) is 0.498. The third-order valence-electron chi connectivity index (χ3n) is 5.41. The van der Waals surface area contributed by atoms with E-state index >= 15 is 0 Å². The number of amides is 3. The summed E-state index contributed by atoms with van der Waals surface area (Å²) in [7, 11) is 0. The second-order valence-corrected chi connectivity index (χ2v) is 7.31. The van der Waals surface area contributed by atoms with Gasteiger partial charge in [0.1, 0.15) is 6.26 Å². The molecule has 0 unspecified atom stereocenters. The maximum atomic E-state index is 13.7. The molecule has 5 rings (SSSR count). The first kappa shape index (κ1) is 18.8. The Kier molecular flexibility index (Phi) is 4.59. The fourth-order valence-corrected chi connectivity index (χ4v) is 3.91. The lowest BCUT2D eigenvalue weighted by Crippen LogP contribution is -2.45. The normalized spacial score (nSPS) is 15.2. The number of hydrogen-bond acceptors (Lipinski definition) is 4. The number of oxazole rings is 1. The van der Waals surface area contributed by atoms with Crippen LogP contribution in [0.5, 0.6) is 0 Å². The van der Waals surface area contributed by atoms with Crippen LogP contribution in [0, 0.1) is 0 Å². The largest absolute Gasteiger partial charge is 0.444 e. The summed E-state index contributed by atoms with van der Waals surface area (Å²) in [5.74, 6) is 0.0965. The van der Waals surface area contributed by atoms with Gasteiger partial charge in [-0.25, -0.2) is 9.78 Å². The van der Waals surface area contributed by atoms with Crippen LogP contribution in [0.3, 0.4) is 0 Å². The van der Waals surface area contributed by atoms with E-state index in [2.05, 4.69) is 10.3 Å². The van der Waals surface area contributed by atoms with E-state index < -0.39 is 11.6 Å². The first-order chi connectivity index (χ1) is 15.2. The summed E-state index contributed by atoms with van der Waals surface area (Å²) in [6, 6.07) is 27.6. The lowest BCUT2D eigenvalue weighted by atomic mass is 9.82. The van der Waals surface area contributed by atoms with Gasteiger partial charge in [0, 0.05) is 5.56 Å². The molecule has 2 heterocycles. The van der Waals surface area contributed by atoms with Crippen LogP contribution in [0.2, 0.25) is 0 Å². The van der Waals surface area contributed by atoms with Crippen molar-refractivity contribution in [2.24, 2.45) is 0 Å². The fraction of sp³-hybridized carbons (Fsp3) is 0.0800. The number of rotatable bonds is 5. The van der Waals surface area contributed by atoms with Crippen molar-refractivity contribution < 1.29 is 14.0 Å². The summed E-state index contributed by atoms with van der Waals surface area (Å²) >= 11 is 0. The number of nitrogens with zero attached hydrogens (tertiary/aromatic N) is 2. The Morgan fingerprint density at radius 1 is 0.806 bits per heavy atom. The lowest BCUT2D eigenvalue weighted by Gasteiger charge is -2.27. The van der Waals surface area contributed by atoms with E-state index in [1.165, 1.54) is 11.2 Å². The van der Waals surface area contributed by atoms with Gasteiger partial charge in [-0.05, 0) is 23.3 Å². The lowest BCUT2D eigenvalue weighted by molar-refractivity contribution is -0.130. The molecular formula is C25H19N3O3. The summed E-state index contributed by atoms with van der Waals surface area (Å²) < 4.78 is 5.57. The summed E-state index contributed by atoms with van der Waals surface area (Å²) in [5, 5.41) is 2.94. The molecule has 0 atom stereocenters. The van der Waals surface area contributed by atoms with Crippen LogP contribution in [0.4, 0.5) is 4.79 Å². The van der Waals surface area contributed by atoms with Gasteiger partial charge in [0.2, 0.25) is 5.89 Å². The number of benzene rings is 3. The van der Waals surface area contributed by atoms with Gasteiger partial charge in [0.25, 0.3) is 5.91 Å². The molecule has 6 nitrogen and oxygen atoms in total. The second kappa shape index (κ2) is 7.57. The van der Waals surface area contributed by atoms with Gasteiger partial charge in [0.15, 0.2) is 5.54 Å². The standard InChI is InChI=1S/C25H19N3O3/c29-23-25(19-12-6-2-7-13-19,20-14-8-3-9-15-20)27-24(30)28(23)16-21-17-31-22(26-21)18-10-4-1-5-11-18/h1-15,17H,16H2,(H,27,30). The number of urea groups is 1. The molecule has 3 aromatic carbocycles. The van der Waals surface area contributed by atoms with Crippen LogP contribution in [-0.2, 0) is 16.9 Å². The van der Waals surface area contributed by atoms with Crippen LogP contribution in [0.1, 0.15) is 16.8 Å². The molecule has 3 amide bonds. The minimum Gasteiger partial charge on any atom is -0.444 e. The van der Waals surface area contributed by atoms with Gasteiger partial charge >= 0.3 is 6.03 Å². The molecule has 1 saturated heterocycles. The molecule has 31 heavy (non-hydrogen) atoms. The number of nitrogens with one attached hydrogen (secondary N) is 1. The summed E-state index contributed by atoms with van der Waals surface area (Å²) in [5.41, 5.74) is 1.44. The third-order valence-corrected chi connectivity index (χ3v) is 5.41. The van der Waals surface area contributed by atoms with Crippen molar-refractivity contribution >= 4 is 11.9 Å². The topological polar surface area (TPSA) is 75.4 Å². The number of imide groups is 1. The van der Waals surface area contributed by atoms with Crippen LogP contribution in [0.25, 0.3) is 11.5 Å². The van der Waals surface area contributed by atoms with Crippen LogP contribution < -0.4 is 5.32 Å². The van der Waals surface area contributed by atoms with Crippen molar-refractivity contribution in [2.75, 3.05) is 0 Å². The molecule has 6 heteroatoms. The highest BCUT2D eigenvalue weighted by Crippen LogP contribution is 2.36. The van der Waals surface area contributed by atoms with Crippen molar-refractivity contribution in [3.63, 3.8) is 0 Å². The van der Waals surface area contributed by atoms with Gasteiger partial charge in [-0.2, -0.15) is 0 Å². The van der Waals surface area contributed by atoms with Crippen molar-refractivity contribution in [1.29, 1.82) is 0 Å². The number of carbonyl (C=O) groups excluding carboxylic acids is 2. The molecule has 1 N–H and O–H groups in total. The Morgan fingerprint density at radius 3 is 1.94 bits per heavy atom. The summed E-state index contributed by atoms with van der Waals surface area (Å²) in [6.07, 6.45) is 1.48. The first-order valence-electron chi connectivity index (χ1n) is 9.93. The molecule has 0 radical (unpaired) electrons. The molecule has 4 aromatic rings. The maximum Gasteiger partial charge on any atom is 0.325 e. The van der Waals surface area contributed by atoms with Crippen molar-refractivity contribution in [1.82, 2.24) is 15.2 Å². The Morgan fingerprint density at radius 2 is 1.35 bits per heavy atom. The van der Waals surface area contributed by atoms with E-state index in [1.807, 2.05) is 91.0 Å². The number of carbonyl (C=O) groups is 2. The number of aromatic nitrogens is 1. The predicted octanol–water partition coefficient (Wildman–Crippen LogP) is 4.34. The van der Waals surface area contributed by atoms with E-state index in [9.17, 15) is 9.59 Å². The molecule has 0 saturated carbocycles. The third kappa shape index (κ3) is 3.18. The molecule has 0 aliphatic carbocycles. The zero-order valence-electron chi connectivity index (χ0n) is 16.6. The minimum absolute atomic E-state index is 0.0163. The molecule has 1 aliphatic heterocycles. The second-order valence-electron chi connectivity index (χ2n) is 7.31. The molecular weight excluding hydrogens is 390 g/mol. The highest BCUT2D eigenvalue weighted by atomic mass is 16.3. The predicted molar refractivity (Wildman–Crippen MR) is 115 cm³/mol. The van der Waals surface area contributed by atoms with Crippen LogP contribution in [0.15, 0.2) is 102 Å². The first-order valence-corrected chi connectivity index (χ1v) is 9.93. The van der Waals surface area contributed by atoms with E-state index in [-0.39, 0.29) is 12.5 Å². The van der Waals surface area contributed by atoms with Crippen molar-refractivity contribution in [2.45, 2.75) is 12.1 Å². The van der Waals surface area contributed by atoms with E-state index in [4.69, 9.17) is 4.42 Å². The van der Waals surface area contributed by atoms with Crippen molar-refractivity contribution in [3.05, 3.63) is 114 Å². The van der Waals surface area contributed by atoms with Gasteiger partial charge in [-0.15, -0.1) is 0 Å². The molecule has 1 fully saturated rings. The highest BCUT2D eigenvalue weighted by molar-refractivity contribution is 6.09. The van der Waals surface area contributed by atoms with Gasteiger partial charge < -0.3 is 9.73 Å². The van der Waals surface area contributed by atoms with Crippen LogP contribution in [-0.4, -0.2) is 21.8 Å². The molecule has 1 aliphatic rings. The van der Waals surface area contributed by atoms with Crippen molar-refractivity contribution in [3.8, 4) is 11.5 Å². The smallest absolute Gasteiger partial charge is 0.325 e. The van der Waals surface area contributed by atoms with Gasteiger partial charge in [0.05, 0.1) is 12.2 Å². The average Bonchev–Trinajstić information content (AvgIpc) is 3.40. The highest BCUT2D eigenvalue weighted by Gasteiger charge is 2.53. The Hall–Kier alpha value is -4.19. The minimum atomic E-state index is -1.29. The van der Waals surface area contributed by atoms with Gasteiger partial charge in [-0.3, -0.25) is 9.69 Å². The molecule has 0 spiro atoms. The zero-order valence-corrected chi connectivity index (χ0v) is 16.6. The fourth-order valence-electron chi connectivity index (χ4n) is 3.91. The molecule has 1 aromatic heterocycles. The molecule has 152 valence electrons. The Balaban J connectivity index is 1.50. The van der Waals surface area contributed by atoms with E-state index in [0.29, 0.717) is 22.7 Å². The van der Waals surface area contributed by atoms with E-state index in [1.54, 1.807) is 0 Å². The monoisotopic (exact) mass is 409 g/mol. The summed E-state index contributed by atoms with van der Waals surface area (Å²) in [6.45, 7) is 0.0163. The Labute approximate surface area is 179 Å². The van der Waals surface area contributed by atoms with E-state index in [0.717, 1.165) is 5.56 Å². The maximum absolute atomic E-state index is 13.7. The summed E-state index contributed by atoms with van der Waals surface area (Å²) in [4.78, 5) is 32.3. The zero-order chi connectivity index (χ0) is 21.3. The van der Waals surface area contributed by atoms with Crippen LogP contribution >= 0.6 is 0 Å². The average molecular weight is 409 g/mol.